The van der Waals surface area contributed by atoms with E-state index in [-0.39, 0.29) is 5.91 Å². The molecule has 0 heterocycles. The van der Waals surface area contributed by atoms with Gasteiger partial charge in [0.2, 0.25) is 5.91 Å². The maximum absolute atomic E-state index is 11.3. The average molecular weight is 214 g/mol. The minimum absolute atomic E-state index is 0.0828. The topological polar surface area (TPSA) is 50.4 Å². The number of hydrogen-bond acceptors (Lipinski definition) is 3. The van der Waals surface area contributed by atoms with Crippen LogP contribution in [0.15, 0.2) is 0 Å². The highest BCUT2D eigenvalue weighted by Gasteiger charge is 2.31. The van der Waals surface area contributed by atoms with E-state index >= 15 is 0 Å². The Labute approximate surface area is 91.8 Å². The fraction of sp³-hybridized carbons (Fsp3) is 0.909. The minimum Gasteiger partial charge on any atom is -0.385 e. The molecule has 1 amide bonds. The third-order valence-corrected chi connectivity index (χ3v) is 2.82. The van der Waals surface area contributed by atoms with E-state index in [1.54, 1.807) is 7.11 Å². The number of ether oxygens (including phenoxy) is 1. The number of rotatable bonds is 8. The highest BCUT2D eigenvalue weighted by atomic mass is 16.5. The van der Waals surface area contributed by atoms with Crippen molar-refractivity contribution >= 4 is 5.91 Å². The van der Waals surface area contributed by atoms with Crippen LogP contribution >= 0.6 is 0 Å². The van der Waals surface area contributed by atoms with Crippen LogP contribution in [0.4, 0.5) is 0 Å². The van der Waals surface area contributed by atoms with Gasteiger partial charge in [0.05, 0.1) is 6.54 Å². The number of amides is 1. The molecule has 88 valence electrons. The maximum Gasteiger partial charge on any atom is 0.233 e. The van der Waals surface area contributed by atoms with Gasteiger partial charge in [0.25, 0.3) is 0 Å². The molecule has 0 aromatic heterocycles. The Balaban J connectivity index is 1.85. The van der Waals surface area contributed by atoms with Gasteiger partial charge in [0.1, 0.15) is 0 Å². The number of methoxy groups -OCH3 is 1. The van der Waals surface area contributed by atoms with Gasteiger partial charge in [-0.15, -0.1) is 0 Å². The first-order valence-corrected chi connectivity index (χ1v) is 5.70. The summed E-state index contributed by atoms with van der Waals surface area (Å²) in [6, 6.07) is 0. The van der Waals surface area contributed by atoms with Crippen LogP contribution in [-0.2, 0) is 9.53 Å². The zero-order chi connectivity index (χ0) is 11.1. The highest BCUT2D eigenvalue weighted by molar-refractivity contribution is 5.77. The molecule has 1 rings (SSSR count). The fourth-order valence-electron chi connectivity index (χ4n) is 1.56. The van der Waals surface area contributed by atoms with Gasteiger partial charge in [-0.3, -0.25) is 4.79 Å². The maximum atomic E-state index is 11.3. The lowest BCUT2D eigenvalue weighted by atomic mass is 10.3. The standard InChI is InChI=1S/C11H22N2O2/c1-9-6-10(9)7-12-8-11(14)13-4-3-5-15-2/h9-10,12H,3-8H2,1-2H3,(H,13,14). The first-order chi connectivity index (χ1) is 7.24. The van der Waals surface area contributed by atoms with E-state index in [1.807, 2.05) is 0 Å². The molecule has 0 aromatic rings. The fourth-order valence-corrected chi connectivity index (χ4v) is 1.56. The molecular weight excluding hydrogens is 192 g/mol. The molecule has 1 saturated carbocycles. The normalized spacial score (nSPS) is 23.9. The van der Waals surface area contributed by atoms with Gasteiger partial charge in [-0.1, -0.05) is 6.92 Å². The Morgan fingerprint density at radius 1 is 1.53 bits per heavy atom. The Hall–Kier alpha value is -0.610. The Kier molecular flexibility index (Phi) is 5.65. The van der Waals surface area contributed by atoms with Gasteiger partial charge in [-0.05, 0) is 31.2 Å². The molecule has 4 nitrogen and oxygen atoms in total. The molecule has 2 N–H and O–H groups in total. The SMILES string of the molecule is COCCCNC(=O)CNCC1CC1C. The first kappa shape index (κ1) is 12.5. The van der Waals surface area contributed by atoms with Crippen LogP contribution in [0.1, 0.15) is 19.8 Å². The molecule has 1 aliphatic rings. The van der Waals surface area contributed by atoms with Crippen molar-refractivity contribution in [3.8, 4) is 0 Å². The highest BCUT2D eigenvalue weighted by Crippen LogP contribution is 2.36. The van der Waals surface area contributed by atoms with E-state index in [4.69, 9.17) is 4.74 Å². The predicted molar refractivity (Wildman–Crippen MR) is 59.6 cm³/mol. The summed E-state index contributed by atoms with van der Waals surface area (Å²) in [5.41, 5.74) is 0. The molecule has 1 aliphatic carbocycles. The molecule has 0 aromatic carbocycles. The zero-order valence-corrected chi connectivity index (χ0v) is 9.71. The van der Waals surface area contributed by atoms with Crippen molar-refractivity contribution in [2.75, 3.05) is 33.4 Å². The van der Waals surface area contributed by atoms with Crippen molar-refractivity contribution in [3.63, 3.8) is 0 Å². The van der Waals surface area contributed by atoms with Crippen LogP contribution in [0.3, 0.4) is 0 Å². The van der Waals surface area contributed by atoms with Crippen molar-refractivity contribution in [2.45, 2.75) is 19.8 Å². The summed E-state index contributed by atoms with van der Waals surface area (Å²) in [6.45, 7) is 5.07. The molecule has 0 bridgehead atoms. The second-order valence-corrected chi connectivity index (χ2v) is 4.30. The molecule has 1 fully saturated rings. The number of carbonyl (C=O) groups excluding carboxylic acids is 1. The van der Waals surface area contributed by atoms with Gasteiger partial charge < -0.3 is 15.4 Å². The Morgan fingerprint density at radius 3 is 2.87 bits per heavy atom. The number of nitrogens with one attached hydrogen (secondary N) is 2. The predicted octanol–water partition coefficient (Wildman–Crippen LogP) is 0.385. The lowest BCUT2D eigenvalue weighted by Crippen LogP contribution is -2.35. The van der Waals surface area contributed by atoms with Crippen LogP contribution in [0.25, 0.3) is 0 Å². The minimum atomic E-state index is 0.0828. The summed E-state index contributed by atoms with van der Waals surface area (Å²) in [4.78, 5) is 11.3. The summed E-state index contributed by atoms with van der Waals surface area (Å²) >= 11 is 0. The van der Waals surface area contributed by atoms with Crippen molar-refractivity contribution in [1.82, 2.24) is 10.6 Å². The first-order valence-electron chi connectivity index (χ1n) is 5.70. The summed E-state index contributed by atoms with van der Waals surface area (Å²) < 4.78 is 4.89. The molecule has 4 heteroatoms. The average Bonchev–Trinajstić information content (AvgIpc) is 2.90. The van der Waals surface area contributed by atoms with Gasteiger partial charge in [-0.25, -0.2) is 0 Å². The Morgan fingerprint density at radius 2 is 2.27 bits per heavy atom. The van der Waals surface area contributed by atoms with Crippen LogP contribution in [0.5, 0.6) is 0 Å². The van der Waals surface area contributed by atoms with Crippen molar-refractivity contribution in [3.05, 3.63) is 0 Å². The largest absolute Gasteiger partial charge is 0.385 e. The number of hydrogen-bond donors (Lipinski definition) is 2. The summed E-state index contributed by atoms with van der Waals surface area (Å²) in [5.74, 6) is 1.73. The van der Waals surface area contributed by atoms with Crippen molar-refractivity contribution < 1.29 is 9.53 Å². The molecular formula is C11H22N2O2. The molecule has 0 aliphatic heterocycles. The zero-order valence-electron chi connectivity index (χ0n) is 9.71. The smallest absolute Gasteiger partial charge is 0.233 e. The van der Waals surface area contributed by atoms with Gasteiger partial charge >= 0.3 is 0 Å². The molecule has 0 radical (unpaired) electrons. The monoisotopic (exact) mass is 214 g/mol. The van der Waals surface area contributed by atoms with E-state index < -0.39 is 0 Å². The van der Waals surface area contributed by atoms with E-state index in [0.29, 0.717) is 19.7 Å². The van der Waals surface area contributed by atoms with E-state index in [0.717, 1.165) is 24.8 Å². The van der Waals surface area contributed by atoms with E-state index in [2.05, 4.69) is 17.6 Å². The lowest BCUT2D eigenvalue weighted by molar-refractivity contribution is -0.120. The molecule has 15 heavy (non-hydrogen) atoms. The summed E-state index contributed by atoms with van der Waals surface area (Å²) in [6.07, 6.45) is 2.18. The van der Waals surface area contributed by atoms with Gasteiger partial charge in [0.15, 0.2) is 0 Å². The van der Waals surface area contributed by atoms with Crippen LogP contribution < -0.4 is 10.6 Å². The van der Waals surface area contributed by atoms with E-state index in [1.165, 1.54) is 6.42 Å². The van der Waals surface area contributed by atoms with Crippen molar-refractivity contribution in [2.24, 2.45) is 11.8 Å². The second-order valence-electron chi connectivity index (χ2n) is 4.30. The molecule has 2 unspecified atom stereocenters. The second kappa shape index (κ2) is 6.80. The van der Waals surface area contributed by atoms with Crippen LogP contribution in [0, 0.1) is 11.8 Å². The third kappa shape index (κ3) is 5.74. The third-order valence-electron chi connectivity index (χ3n) is 2.82. The van der Waals surface area contributed by atoms with Crippen LogP contribution in [0.2, 0.25) is 0 Å². The quantitative estimate of drug-likeness (QED) is 0.575. The molecule has 0 spiro atoms. The van der Waals surface area contributed by atoms with E-state index in [9.17, 15) is 4.79 Å². The molecule has 2 atom stereocenters. The number of carbonyl (C=O) groups is 1. The summed E-state index contributed by atoms with van der Waals surface area (Å²) in [5, 5.41) is 6.02. The van der Waals surface area contributed by atoms with Crippen LogP contribution in [-0.4, -0.2) is 39.3 Å². The Bertz CT molecular complexity index is 197. The van der Waals surface area contributed by atoms with Gasteiger partial charge in [-0.2, -0.15) is 0 Å². The summed E-state index contributed by atoms with van der Waals surface area (Å²) in [7, 11) is 1.67. The van der Waals surface area contributed by atoms with Crippen molar-refractivity contribution in [1.29, 1.82) is 0 Å². The van der Waals surface area contributed by atoms with Gasteiger partial charge in [0, 0.05) is 20.3 Å². The molecule has 0 saturated heterocycles. The lowest BCUT2D eigenvalue weighted by Gasteiger charge is -2.05.